The van der Waals surface area contributed by atoms with Gasteiger partial charge < -0.3 is 0 Å². The van der Waals surface area contributed by atoms with Gasteiger partial charge in [0.05, 0.1) is 4.70 Å². The molecule has 0 N–H and O–H groups in total. The summed E-state index contributed by atoms with van der Waals surface area (Å²) in [6.07, 6.45) is 3.42. The maximum Gasteiger partial charge on any atom is 0.140 e. The zero-order valence-electron chi connectivity index (χ0n) is 11.5. The van der Waals surface area contributed by atoms with E-state index in [-0.39, 0.29) is 5.92 Å². The van der Waals surface area contributed by atoms with Crippen LogP contribution in [-0.4, -0.2) is 10.2 Å². The second-order valence-electron chi connectivity index (χ2n) is 5.70. The second-order valence-corrected chi connectivity index (χ2v) is 6.53. The Kier molecular flexibility index (Phi) is 3.08. The SMILES string of the molecule is O=C(Cc1ccc2cnsc2c1)[C@@H]1CC1c1ccccc1. The highest BCUT2D eigenvalue weighted by Gasteiger charge is 2.43. The van der Waals surface area contributed by atoms with Crippen LogP contribution >= 0.6 is 11.5 Å². The van der Waals surface area contributed by atoms with Crippen LogP contribution in [0.2, 0.25) is 0 Å². The molecule has 0 amide bonds. The zero-order valence-corrected chi connectivity index (χ0v) is 12.3. The van der Waals surface area contributed by atoms with Gasteiger partial charge in [-0.3, -0.25) is 4.79 Å². The van der Waals surface area contributed by atoms with Crippen molar-refractivity contribution in [2.24, 2.45) is 5.92 Å². The van der Waals surface area contributed by atoms with E-state index in [1.807, 2.05) is 24.4 Å². The number of nitrogens with zero attached hydrogens (tertiary/aromatic N) is 1. The van der Waals surface area contributed by atoms with Gasteiger partial charge in [-0.15, -0.1) is 0 Å². The molecule has 1 saturated carbocycles. The first-order valence-electron chi connectivity index (χ1n) is 7.22. The fraction of sp³-hybridized carbons (Fsp3) is 0.222. The monoisotopic (exact) mass is 293 g/mol. The first kappa shape index (κ1) is 12.7. The van der Waals surface area contributed by atoms with Crippen LogP contribution in [0.25, 0.3) is 10.1 Å². The molecule has 1 aliphatic rings. The number of benzene rings is 2. The Morgan fingerprint density at radius 1 is 1.19 bits per heavy atom. The van der Waals surface area contributed by atoms with Gasteiger partial charge in [0.2, 0.25) is 0 Å². The molecule has 2 nitrogen and oxygen atoms in total. The van der Waals surface area contributed by atoms with Gasteiger partial charge in [0, 0.05) is 23.9 Å². The number of carbonyl (C=O) groups is 1. The number of fused-ring (bicyclic) bond motifs is 1. The molecule has 3 aromatic rings. The van der Waals surface area contributed by atoms with E-state index in [0.717, 1.165) is 22.1 Å². The van der Waals surface area contributed by atoms with E-state index in [4.69, 9.17) is 0 Å². The van der Waals surface area contributed by atoms with E-state index in [2.05, 4.69) is 34.7 Å². The van der Waals surface area contributed by atoms with Gasteiger partial charge in [0.1, 0.15) is 5.78 Å². The van der Waals surface area contributed by atoms with Gasteiger partial charge in [0.15, 0.2) is 0 Å². The van der Waals surface area contributed by atoms with Crippen molar-refractivity contribution in [1.29, 1.82) is 0 Å². The van der Waals surface area contributed by atoms with Crippen molar-refractivity contribution in [3.63, 3.8) is 0 Å². The van der Waals surface area contributed by atoms with Crippen LogP contribution in [0.15, 0.2) is 54.7 Å². The lowest BCUT2D eigenvalue weighted by atomic mass is 10.0. The Bertz CT molecular complexity index is 793. The van der Waals surface area contributed by atoms with Gasteiger partial charge in [-0.2, -0.15) is 4.37 Å². The average molecular weight is 293 g/mol. The molecule has 0 bridgehead atoms. The lowest BCUT2D eigenvalue weighted by molar-refractivity contribution is -0.119. The molecule has 2 aromatic carbocycles. The summed E-state index contributed by atoms with van der Waals surface area (Å²) >= 11 is 1.49. The van der Waals surface area contributed by atoms with Crippen molar-refractivity contribution in [2.75, 3.05) is 0 Å². The van der Waals surface area contributed by atoms with Gasteiger partial charge in [-0.05, 0) is 41.1 Å². The number of hydrogen-bond donors (Lipinski definition) is 0. The molecule has 2 atom stereocenters. The first-order chi connectivity index (χ1) is 10.3. The van der Waals surface area contributed by atoms with Gasteiger partial charge in [-0.25, -0.2) is 0 Å². The van der Waals surface area contributed by atoms with Crippen molar-refractivity contribution in [3.8, 4) is 0 Å². The average Bonchev–Trinajstić information content (AvgIpc) is 3.19. The summed E-state index contributed by atoms with van der Waals surface area (Å²) in [6, 6.07) is 16.6. The van der Waals surface area contributed by atoms with Crippen LogP contribution in [0.1, 0.15) is 23.5 Å². The molecular weight excluding hydrogens is 278 g/mol. The maximum absolute atomic E-state index is 12.4. The number of hydrogen-bond acceptors (Lipinski definition) is 3. The van der Waals surface area contributed by atoms with Crippen LogP contribution in [-0.2, 0) is 11.2 Å². The number of carbonyl (C=O) groups excluding carboxylic acids is 1. The maximum atomic E-state index is 12.4. The predicted octanol–water partition coefficient (Wildman–Crippen LogP) is 4.21. The molecule has 4 rings (SSSR count). The van der Waals surface area contributed by atoms with E-state index in [9.17, 15) is 4.79 Å². The number of rotatable bonds is 4. The fourth-order valence-electron chi connectivity index (χ4n) is 2.97. The highest BCUT2D eigenvalue weighted by atomic mass is 32.1. The summed E-state index contributed by atoms with van der Waals surface area (Å²) in [6.45, 7) is 0. The quantitative estimate of drug-likeness (QED) is 0.721. The third-order valence-corrected chi connectivity index (χ3v) is 4.99. The van der Waals surface area contributed by atoms with E-state index in [1.54, 1.807) is 0 Å². The van der Waals surface area contributed by atoms with Gasteiger partial charge in [0.25, 0.3) is 0 Å². The third kappa shape index (κ3) is 2.49. The molecule has 1 fully saturated rings. The summed E-state index contributed by atoms with van der Waals surface area (Å²) in [4.78, 5) is 12.4. The summed E-state index contributed by atoms with van der Waals surface area (Å²) in [5.41, 5.74) is 2.41. The third-order valence-electron chi connectivity index (χ3n) is 4.23. The standard InChI is InChI=1S/C18H15NOS/c20-17(16-10-15(16)13-4-2-1-3-5-13)8-12-6-7-14-11-19-21-18(14)9-12/h1-7,9,11,15-16H,8,10H2/t15?,16-/m1/s1. The second kappa shape index (κ2) is 5.08. The molecule has 3 heteroatoms. The molecule has 0 aliphatic heterocycles. The van der Waals surface area contributed by atoms with Gasteiger partial charge in [-0.1, -0.05) is 42.5 Å². The van der Waals surface area contributed by atoms with E-state index < -0.39 is 0 Å². The minimum Gasteiger partial charge on any atom is -0.299 e. The topological polar surface area (TPSA) is 30.0 Å². The highest BCUT2D eigenvalue weighted by molar-refractivity contribution is 7.13. The summed E-state index contributed by atoms with van der Waals surface area (Å²) < 4.78 is 5.34. The predicted molar refractivity (Wildman–Crippen MR) is 85.6 cm³/mol. The van der Waals surface area contributed by atoms with Crippen molar-refractivity contribution < 1.29 is 4.79 Å². The Morgan fingerprint density at radius 2 is 2.05 bits per heavy atom. The molecule has 0 spiro atoms. The van der Waals surface area contributed by atoms with Crippen molar-refractivity contribution in [1.82, 2.24) is 4.37 Å². The Labute approximate surface area is 127 Å². The Morgan fingerprint density at radius 3 is 2.90 bits per heavy atom. The van der Waals surface area contributed by atoms with Crippen LogP contribution in [0.3, 0.4) is 0 Å². The smallest absolute Gasteiger partial charge is 0.140 e. The van der Waals surface area contributed by atoms with Crippen LogP contribution in [0.5, 0.6) is 0 Å². The molecular formula is C18H15NOS. The van der Waals surface area contributed by atoms with Crippen molar-refractivity contribution in [3.05, 3.63) is 65.9 Å². The molecule has 0 radical (unpaired) electrons. The zero-order chi connectivity index (χ0) is 14.2. The van der Waals surface area contributed by atoms with E-state index >= 15 is 0 Å². The molecule has 1 aliphatic carbocycles. The van der Waals surface area contributed by atoms with Crippen LogP contribution in [0, 0.1) is 5.92 Å². The largest absolute Gasteiger partial charge is 0.299 e. The number of ketones is 1. The minimum absolute atomic E-state index is 0.213. The van der Waals surface area contributed by atoms with Crippen molar-refractivity contribution >= 4 is 27.4 Å². The Balaban J connectivity index is 1.47. The fourth-order valence-corrected chi connectivity index (χ4v) is 3.68. The lowest BCUT2D eigenvalue weighted by Crippen LogP contribution is -2.06. The highest BCUT2D eigenvalue weighted by Crippen LogP contribution is 2.48. The normalized spacial score (nSPS) is 20.6. The van der Waals surface area contributed by atoms with E-state index in [1.165, 1.54) is 17.1 Å². The van der Waals surface area contributed by atoms with Crippen LogP contribution < -0.4 is 0 Å². The minimum atomic E-state index is 0.213. The first-order valence-corrected chi connectivity index (χ1v) is 7.99. The number of Topliss-reactive ketones (excluding diaryl/α,β-unsaturated/α-hetero) is 1. The van der Waals surface area contributed by atoms with Crippen LogP contribution in [0.4, 0.5) is 0 Å². The summed E-state index contributed by atoms with van der Waals surface area (Å²) in [5.74, 6) is 1.02. The molecule has 104 valence electrons. The van der Waals surface area contributed by atoms with Crippen molar-refractivity contribution in [2.45, 2.75) is 18.8 Å². The molecule has 21 heavy (non-hydrogen) atoms. The molecule has 1 aromatic heterocycles. The van der Waals surface area contributed by atoms with Gasteiger partial charge >= 0.3 is 0 Å². The summed E-state index contributed by atoms with van der Waals surface area (Å²) in [7, 11) is 0. The summed E-state index contributed by atoms with van der Waals surface area (Å²) in [5, 5.41) is 1.16. The Hall–Kier alpha value is -2.00. The number of aromatic nitrogens is 1. The molecule has 1 unspecified atom stereocenters. The molecule has 1 heterocycles. The lowest BCUT2D eigenvalue weighted by Gasteiger charge is -2.02. The van der Waals surface area contributed by atoms with E-state index in [0.29, 0.717) is 18.1 Å². The molecule has 0 saturated heterocycles.